The molecule has 3 aromatic rings. The van der Waals surface area contributed by atoms with Gasteiger partial charge in [-0.25, -0.2) is 0 Å². The number of aryl methyl sites for hydroxylation is 1. The van der Waals surface area contributed by atoms with E-state index in [-0.39, 0.29) is 24.3 Å². The number of carbonyl (C=O) groups is 2. The van der Waals surface area contributed by atoms with E-state index >= 15 is 0 Å². The zero-order valence-corrected chi connectivity index (χ0v) is 18.1. The number of hydrogen-bond acceptors (Lipinski definition) is 3. The van der Waals surface area contributed by atoms with Crippen LogP contribution in [0.4, 0.5) is 5.69 Å². The van der Waals surface area contributed by atoms with Crippen molar-refractivity contribution in [1.29, 1.82) is 0 Å². The highest BCUT2D eigenvalue weighted by molar-refractivity contribution is 6.04. The van der Waals surface area contributed by atoms with E-state index in [4.69, 9.17) is 4.74 Å². The van der Waals surface area contributed by atoms with Gasteiger partial charge in [0.25, 0.3) is 11.8 Å². The number of amides is 2. The molecule has 0 radical (unpaired) electrons. The zero-order valence-electron chi connectivity index (χ0n) is 18.1. The monoisotopic (exact) mass is 416 g/mol. The van der Waals surface area contributed by atoms with Gasteiger partial charge in [0.1, 0.15) is 5.75 Å². The van der Waals surface area contributed by atoms with Crippen LogP contribution in [0.15, 0.2) is 72.8 Å². The lowest BCUT2D eigenvalue weighted by Crippen LogP contribution is -2.26. The highest BCUT2D eigenvalue weighted by Gasteiger charge is 2.14. The van der Waals surface area contributed by atoms with Gasteiger partial charge in [-0.1, -0.05) is 68.4 Å². The summed E-state index contributed by atoms with van der Waals surface area (Å²) in [6, 6.07) is 22.6. The first-order valence-electron chi connectivity index (χ1n) is 10.4. The number of rotatable bonds is 8. The molecule has 160 valence electrons. The third kappa shape index (κ3) is 6.19. The van der Waals surface area contributed by atoms with Crippen LogP contribution in [0.2, 0.25) is 0 Å². The minimum Gasteiger partial charge on any atom is -0.483 e. The van der Waals surface area contributed by atoms with Crippen LogP contribution in [0.5, 0.6) is 5.75 Å². The molecule has 3 rings (SSSR count). The highest BCUT2D eigenvalue weighted by atomic mass is 16.5. The van der Waals surface area contributed by atoms with Crippen LogP contribution in [-0.4, -0.2) is 18.4 Å². The molecule has 0 aliphatic rings. The second-order valence-corrected chi connectivity index (χ2v) is 7.75. The van der Waals surface area contributed by atoms with Crippen molar-refractivity contribution in [3.05, 3.63) is 95.1 Å². The second-order valence-electron chi connectivity index (χ2n) is 7.75. The maximum Gasteiger partial charge on any atom is 0.262 e. The van der Waals surface area contributed by atoms with E-state index < -0.39 is 0 Å². The van der Waals surface area contributed by atoms with Gasteiger partial charge in [-0.3, -0.25) is 9.59 Å². The van der Waals surface area contributed by atoms with Gasteiger partial charge in [-0.05, 0) is 47.7 Å². The third-order valence-corrected chi connectivity index (χ3v) is 4.89. The molecule has 31 heavy (non-hydrogen) atoms. The first-order chi connectivity index (χ1) is 14.9. The van der Waals surface area contributed by atoms with E-state index in [0.717, 1.165) is 16.7 Å². The Morgan fingerprint density at radius 3 is 2.39 bits per heavy atom. The summed E-state index contributed by atoms with van der Waals surface area (Å²) in [7, 11) is 0. The summed E-state index contributed by atoms with van der Waals surface area (Å²) < 4.78 is 5.81. The number of ether oxygens (including phenoxy) is 1. The fourth-order valence-electron chi connectivity index (χ4n) is 3.24. The maximum atomic E-state index is 12.7. The van der Waals surface area contributed by atoms with E-state index in [1.165, 1.54) is 0 Å². The first kappa shape index (κ1) is 22.1. The largest absolute Gasteiger partial charge is 0.483 e. The number of nitrogens with one attached hydrogen (secondary N) is 2. The van der Waals surface area contributed by atoms with Gasteiger partial charge in [0.05, 0.1) is 11.3 Å². The van der Waals surface area contributed by atoms with Gasteiger partial charge >= 0.3 is 0 Å². The lowest BCUT2D eigenvalue weighted by Gasteiger charge is -2.15. The molecular weight excluding hydrogens is 388 g/mol. The van der Waals surface area contributed by atoms with E-state index in [0.29, 0.717) is 23.5 Å². The Kier molecular flexibility index (Phi) is 7.44. The lowest BCUT2D eigenvalue weighted by atomic mass is 10.0. The molecule has 5 nitrogen and oxygen atoms in total. The lowest BCUT2D eigenvalue weighted by molar-refractivity contribution is -0.118. The van der Waals surface area contributed by atoms with E-state index in [1.807, 2.05) is 55.5 Å². The average Bonchev–Trinajstić information content (AvgIpc) is 2.77. The normalized spacial score (nSPS) is 10.6. The summed E-state index contributed by atoms with van der Waals surface area (Å²) >= 11 is 0. The van der Waals surface area contributed by atoms with Crippen LogP contribution < -0.4 is 15.4 Å². The van der Waals surface area contributed by atoms with Crippen LogP contribution in [0.1, 0.15) is 46.8 Å². The number of para-hydroxylation sites is 1. The molecule has 0 spiro atoms. The third-order valence-electron chi connectivity index (χ3n) is 4.89. The predicted molar refractivity (Wildman–Crippen MR) is 123 cm³/mol. The molecule has 0 saturated heterocycles. The zero-order chi connectivity index (χ0) is 22.2. The van der Waals surface area contributed by atoms with E-state index in [1.54, 1.807) is 24.3 Å². The van der Waals surface area contributed by atoms with Crippen LogP contribution in [0.3, 0.4) is 0 Å². The van der Waals surface area contributed by atoms with Crippen LogP contribution in [-0.2, 0) is 11.3 Å². The summed E-state index contributed by atoms with van der Waals surface area (Å²) in [5.74, 6) is 0.424. The molecule has 0 aromatic heterocycles. The molecule has 0 unspecified atom stereocenters. The molecule has 2 N–H and O–H groups in total. The SMILES string of the molecule is Cc1ccc(C(C)C)c(OCC(=O)Nc2ccccc2C(=O)NCc2ccccc2)c1. The molecule has 2 amide bonds. The topological polar surface area (TPSA) is 67.4 Å². The summed E-state index contributed by atoms with van der Waals surface area (Å²) in [6.45, 7) is 6.44. The Morgan fingerprint density at radius 2 is 1.65 bits per heavy atom. The van der Waals surface area contributed by atoms with Crippen molar-refractivity contribution in [3.63, 3.8) is 0 Å². The Hall–Kier alpha value is -3.60. The molecule has 0 fully saturated rings. The van der Waals surface area contributed by atoms with E-state index in [9.17, 15) is 9.59 Å². The molecule has 0 bridgehead atoms. The minimum absolute atomic E-state index is 0.136. The van der Waals surface area contributed by atoms with Crippen molar-refractivity contribution in [2.45, 2.75) is 33.2 Å². The molecule has 5 heteroatoms. The van der Waals surface area contributed by atoms with Crippen LogP contribution >= 0.6 is 0 Å². The summed E-state index contributed by atoms with van der Waals surface area (Å²) in [4.78, 5) is 25.2. The highest BCUT2D eigenvalue weighted by Crippen LogP contribution is 2.27. The molecular formula is C26H28N2O3. The minimum atomic E-state index is -0.320. The molecule has 0 saturated carbocycles. The first-order valence-corrected chi connectivity index (χ1v) is 10.4. The van der Waals surface area contributed by atoms with E-state index in [2.05, 4.69) is 24.5 Å². The predicted octanol–water partition coefficient (Wildman–Crippen LogP) is 5.07. The molecule has 0 aliphatic carbocycles. The molecule has 0 heterocycles. The fourth-order valence-corrected chi connectivity index (χ4v) is 3.24. The van der Waals surface area contributed by atoms with Gasteiger partial charge in [0.2, 0.25) is 0 Å². The van der Waals surface area contributed by atoms with Crippen molar-refractivity contribution >= 4 is 17.5 Å². The smallest absolute Gasteiger partial charge is 0.262 e. The molecule has 0 atom stereocenters. The number of benzene rings is 3. The Balaban J connectivity index is 1.63. The van der Waals surface area contributed by atoms with Gasteiger partial charge < -0.3 is 15.4 Å². The number of hydrogen-bond donors (Lipinski definition) is 2. The summed E-state index contributed by atoms with van der Waals surface area (Å²) in [6.07, 6.45) is 0. The van der Waals surface area contributed by atoms with Gasteiger partial charge in [0.15, 0.2) is 6.61 Å². The maximum absolute atomic E-state index is 12.7. The standard InChI is InChI=1S/C26H28N2O3/c1-18(2)21-14-13-19(3)15-24(21)31-17-25(29)28-23-12-8-7-11-22(23)26(30)27-16-20-9-5-4-6-10-20/h4-15,18H,16-17H2,1-3H3,(H,27,30)(H,28,29). The average molecular weight is 417 g/mol. The van der Waals surface area contributed by atoms with Crippen molar-refractivity contribution < 1.29 is 14.3 Å². The van der Waals surface area contributed by atoms with Gasteiger partial charge in [-0.2, -0.15) is 0 Å². The number of carbonyl (C=O) groups excluding carboxylic acids is 2. The van der Waals surface area contributed by atoms with Crippen molar-refractivity contribution in [1.82, 2.24) is 5.32 Å². The quantitative estimate of drug-likeness (QED) is 0.539. The van der Waals surface area contributed by atoms with Crippen molar-refractivity contribution in [3.8, 4) is 5.75 Å². The Bertz CT molecular complexity index is 1050. The second kappa shape index (κ2) is 10.4. The molecule has 0 aliphatic heterocycles. The van der Waals surface area contributed by atoms with Crippen LogP contribution in [0.25, 0.3) is 0 Å². The van der Waals surface area contributed by atoms with Gasteiger partial charge in [-0.15, -0.1) is 0 Å². The summed E-state index contributed by atoms with van der Waals surface area (Å²) in [5.41, 5.74) is 3.99. The van der Waals surface area contributed by atoms with Crippen molar-refractivity contribution in [2.75, 3.05) is 11.9 Å². The number of anilines is 1. The Labute approximate surface area is 183 Å². The summed E-state index contributed by atoms with van der Waals surface area (Å²) in [5, 5.41) is 5.69. The fraction of sp³-hybridized carbons (Fsp3) is 0.231. The molecule has 3 aromatic carbocycles. The Morgan fingerprint density at radius 1 is 0.935 bits per heavy atom. The van der Waals surface area contributed by atoms with Crippen molar-refractivity contribution in [2.24, 2.45) is 0 Å². The van der Waals surface area contributed by atoms with Gasteiger partial charge in [0, 0.05) is 6.54 Å². The van der Waals surface area contributed by atoms with Crippen LogP contribution in [0, 0.1) is 6.92 Å².